The van der Waals surface area contributed by atoms with E-state index >= 15 is 0 Å². The summed E-state index contributed by atoms with van der Waals surface area (Å²) in [5, 5.41) is 2.57. The predicted octanol–water partition coefficient (Wildman–Crippen LogP) is 0.762. The Labute approximate surface area is 97.7 Å². The van der Waals surface area contributed by atoms with Crippen LogP contribution in [0.5, 0.6) is 0 Å². The van der Waals surface area contributed by atoms with Crippen LogP contribution in [0.4, 0.5) is 15.8 Å². The van der Waals surface area contributed by atoms with Crippen LogP contribution in [0.1, 0.15) is 0 Å². The number of anilines is 2. The maximum atomic E-state index is 12.8. The molecule has 0 saturated carbocycles. The van der Waals surface area contributed by atoms with Crippen molar-refractivity contribution in [3.05, 3.63) is 24.0 Å². The van der Waals surface area contributed by atoms with E-state index in [2.05, 4.69) is 5.32 Å². The van der Waals surface area contributed by atoms with Gasteiger partial charge in [0.2, 0.25) is 0 Å². The topological polar surface area (TPSA) is 73.6 Å². The number of rotatable bonds is 2. The molecule has 6 heteroatoms. The molecule has 1 aliphatic rings. The van der Waals surface area contributed by atoms with Crippen LogP contribution in [0.25, 0.3) is 0 Å². The Bertz CT molecular complexity index is 419. The molecule has 0 radical (unpaired) electrons. The molecule has 1 aromatic carbocycles. The van der Waals surface area contributed by atoms with Gasteiger partial charge in [-0.3, -0.25) is 4.79 Å². The third-order valence-electron chi connectivity index (χ3n) is 2.38. The van der Waals surface area contributed by atoms with Crippen molar-refractivity contribution in [1.82, 2.24) is 0 Å². The number of hydrogen-bond donors (Lipinski definition) is 2. The Morgan fingerprint density at radius 3 is 2.94 bits per heavy atom. The first-order valence-electron chi connectivity index (χ1n) is 5.22. The van der Waals surface area contributed by atoms with Crippen molar-refractivity contribution >= 4 is 17.3 Å². The fraction of sp³-hybridized carbons (Fsp3) is 0.364. The zero-order chi connectivity index (χ0) is 12.3. The van der Waals surface area contributed by atoms with Crippen molar-refractivity contribution in [2.24, 2.45) is 0 Å². The average Bonchev–Trinajstić information content (AvgIpc) is 2.34. The highest BCUT2D eigenvalue weighted by atomic mass is 19.1. The molecule has 1 amide bonds. The molecule has 1 aromatic rings. The highest BCUT2D eigenvalue weighted by Crippen LogP contribution is 2.19. The van der Waals surface area contributed by atoms with E-state index < -0.39 is 11.9 Å². The molecule has 2 rings (SSSR count). The molecule has 1 heterocycles. The number of amides is 1. The third kappa shape index (κ3) is 2.92. The largest absolute Gasteiger partial charge is 0.397 e. The van der Waals surface area contributed by atoms with Gasteiger partial charge in [-0.1, -0.05) is 0 Å². The smallest absolute Gasteiger partial charge is 0.255 e. The van der Waals surface area contributed by atoms with Crippen LogP contribution in [0.3, 0.4) is 0 Å². The van der Waals surface area contributed by atoms with Crippen molar-refractivity contribution in [3.8, 4) is 0 Å². The van der Waals surface area contributed by atoms with E-state index in [0.29, 0.717) is 18.9 Å². The van der Waals surface area contributed by atoms with Crippen molar-refractivity contribution < 1.29 is 18.7 Å². The van der Waals surface area contributed by atoms with Gasteiger partial charge in [0.05, 0.1) is 31.2 Å². The number of halogens is 1. The average molecular weight is 240 g/mol. The van der Waals surface area contributed by atoms with Crippen molar-refractivity contribution in [3.63, 3.8) is 0 Å². The van der Waals surface area contributed by atoms with E-state index in [0.717, 1.165) is 6.07 Å². The summed E-state index contributed by atoms with van der Waals surface area (Å²) in [6, 6.07) is 3.78. The molecule has 1 atom stereocenters. The number of ether oxygens (including phenoxy) is 2. The first-order valence-corrected chi connectivity index (χ1v) is 5.22. The van der Waals surface area contributed by atoms with Crippen LogP contribution in [0, 0.1) is 5.82 Å². The minimum Gasteiger partial charge on any atom is -0.397 e. The van der Waals surface area contributed by atoms with Gasteiger partial charge in [0.25, 0.3) is 5.91 Å². The normalized spacial score (nSPS) is 19.9. The van der Waals surface area contributed by atoms with E-state index in [4.69, 9.17) is 15.2 Å². The molecule has 1 saturated heterocycles. The SMILES string of the molecule is Nc1cc(F)ccc1NC(=O)C1COCCO1. The lowest BCUT2D eigenvalue weighted by atomic mass is 10.2. The summed E-state index contributed by atoms with van der Waals surface area (Å²) in [5.41, 5.74) is 6.11. The lowest BCUT2D eigenvalue weighted by Crippen LogP contribution is -2.39. The van der Waals surface area contributed by atoms with E-state index in [-0.39, 0.29) is 18.2 Å². The Balaban J connectivity index is 2.02. The van der Waals surface area contributed by atoms with Gasteiger partial charge in [-0.15, -0.1) is 0 Å². The zero-order valence-corrected chi connectivity index (χ0v) is 9.11. The van der Waals surface area contributed by atoms with Crippen LogP contribution in [-0.2, 0) is 14.3 Å². The van der Waals surface area contributed by atoms with Crippen LogP contribution < -0.4 is 11.1 Å². The molecule has 5 nitrogen and oxygen atoms in total. The second kappa shape index (κ2) is 5.11. The molecule has 0 spiro atoms. The number of hydrogen-bond acceptors (Lipinski definition) is 4. The predicted molar refractivity (Wildman–Crippen MR) is 60.0 cm³/mol. The molecule has 1 aliphatic heterocycles. The van der Waals surface area contributed by atoms with Crippen LogP contribution in [0.2, 0.25) is 0 Å². The summed E-state index contributed by atoms with van der Waals surface area (Å²) in [5.74, 6) is -0.791. The van der Waals surface area contributed by atoms with Gasteiger partial charge in [0.1, 0.15) is 5.82 Å². The fourth-order valence-corrected chi connectivity index (χ4v) is 1.50. The molecule has 0 aliphatic carbocycles. The number of carbonyl (C=O) groups is 1. The van der Waals surface area contributed by atoms with Crippen molar-refractivity contribution in [2.75, 3.05) is 30.9 Å². The van der Waals surface area contributed by atoms with E-state index in [1.54, 1.807) is 0 Å². The molecule has 1 unspecified atom stereocenters. The first-order chi connectivity index (χ1) is 8.16. The number of nitrogen functional groups attached to an aromatic ring is 1. The summed E-state index contributed by atoms with van der Waals surface area (Å²) in [4.78, 5) is 11.7. The number of benzene rings is 1. The minimum atomic E-state index is -0.645. The highest BCUT2D eigenvalue weighted by molar-refractivity contribution is 5.96. The molecular formula is C11H13FN2O3. The monoisotopic (exact) mass is 240 g/mol. The van der Waals surface area contributed by atoms with E-state index in [1.807, 2.05) is 0 Å². The summed E-state index contributed by atoms with van der Waals surface area (Å²) < 4.78 is 23.1. The molecule has 0 aromatic heterocycles. The Morgan fingerprint density at radius 1 is 1.47 bits per heavy atom. The van der Waals surface area contributed by atoms with Gasteiger partial charge < -0.3 is 20.5 Å². The number of nitrogens with two attached hydrogens (primary N) is 1. The van der Waals surface area contributed by atoms with Crippen molar-refractivity contribution in [1.29, 1.82) is 0 Å². The Hall–Kier alpha value is -1.66. The second-order valence-corrected chi connectivity index (χ2v) is 3.66. The summed E-state index contributed by atoms with van der Waals surface area (Å²) >= 11 is 0. The van der Waals surface area contributed by atoms with Crippen LogP contribution in [-0.4, -0.2) is 31.8 Å². The Kier molecular flexibility index (Phi) is 3.55. The molecule has 3 N–H and O–H groups in total. The first kappa shape index (κ1) is 11.8. The van der Waals surface area contributed by atoms with Crippen molar-refractivity contribution in [2.45, 2.75) is 6.10 Å². The van der Waals surface area contributed by atoms with E-state index in [1.165, 1.54) is 12.1 Å². The summed E-state index contributed by atoms with van der Waals surface area (Å²) in [6.45, 7) is 1.09. The zero-order valence-electron chi connectivity index (χ0n) is 9.11. The van der Waals surface area contributed by atoms with Crippen LogP contribution >= 0.6 is 0 Å². The Morgan fingerprint density at radius 2 is 2.29 bits per heavy atom. The second-order valence-electron chi connectivity index (χ2n) is 3.66. The van der Waals surface area contributed by atoms with Gasteiger partial charge in [-0.25, -0.2) is 4.39 Å². The molecule has 17 heavy (non-hydrogen) atoms. The van der Waals surface area contributed by atoms with Gasteiger partial charge in [-0.2, -0.15) is 0 Å². The van der Waals surface area contributed by atoms with Crippen LogP contribution in [0.15, 0.2) is 18.2 Å². The fourth-order valence-electron chi connectivity index (χ4n) is 1.50. The highest BCUT2D eigenvalue weighted by Gasteiger charge is 2.23. The van der Waals surface area contributed by atoms with Gasteiger partial charge in [-0.05, 0) is 18.2 Å². The maximum absolute atomic E-state index is 12.8. The third-order valence-corrected chi connectivity index (χ3v) is 2.38. The number of nitrogens with one attached hydrogen (secondary N) is 1. The molecular weight excluding hydrogens is 227 g/mol. The standard InChI is InChI=1S/C11H13FN2O3/c12-7-1-2-9(8(13)5-7)14-11(15)10-6-16-3-4-17-10/h1-2,5,10H,3-4,6,13H2,(H,14,15). The van der Waals surface area contributed by atoms with E-state index in [9.17, 15) is 9.18 Å². The molecule has 1 fully saturated rings. The lowest BCUT2D eigenvalue weighted by Gasteiger charge is -2.22. The summed E-state index contributed by atoms with van der Waals surface area (Å²) in [7, 11) is 0. The number of carbonyl (C=O) groups excluding carboxylic acids is 1. The van der Waals surface area contributed by atoms with Gasteiger partial charge in [0, 0.05) is 0 Å². The summed E-state index contributed by atoms with van der Waals surface area (Å²) in [6.07, 6.45) is -0.645. The maximum Gasteiger partial charge on any atom is 0.255 e. The quantitative estimate of drug-likeness (QED) is 0.748. The molecule has 0 bridgehead atoms. The van der Waals surface area contributed by atoms with Gasteiger partial charge in [0.15, 0.2) is 6.10 Å². The molecule has 92 valence electrons. The lowest BCUT2D eigenvalue weighted by molar-refractivity contribution is -0.142. The minimum absolute atomic E-state index is 0.176. The van der Waals surface area contributed by atoms with Gasteiger partial charge >= 0.3 is 0 Å².